The zero-order valence-electron chi connectivity index (χ0n) is 16.2. The van der Waals surface area contributed by atoms with Gasteiger partial charge in [0.1, 0.15) is 0 Å². The molecule has 3 aliphatic rings. The Balaban J connectivity index is 1.59. The van der Waals surface area contributed by atoms with E-state index in [4.69, 9.17) is 0 Å². The molecule has 0 aromatic heterocycles. The number of hydrogen-bond donors (Lipinski definition) is 0. The molecule has 7 nitrogen and oxygen atoms in total. The van der Waals surface area contributed by atoms with Gasteiger partial charge in [-0.05, 0) is 18.4 Å². The first-order valence-corrected chi connectivity index (χ1v) is 11.5. The summed E-state index contributed by atoms with van der Waals surface area (Å²) in [5.74, 6) is -0.238. The Hall–Kier alpha value is -1.93. The average molecular weight is 406 g/mol. The Morgan fingerprint density at radius 2 is 1.71 bits per heavy atom. The fraction of sp³-hybridized carbons (Fsp3) is 0.600. The van der Waals surface area contributed by atoms with Crippen LogP contribution in [0.25, 0.3) is 0 Å². The van der Waals surface area contributed by atoms with Gasteiger partial charge in [-0.25, -0.2) is 12.7 Å². The fourth-order valence-corrected chi connectivity index (χ4v) is 6.51. The Morgan fingerprint density at radius 3 is 2.36 bits per heavy atom. The molecular weight excluding hydrogens is 378 g/mol. The van der Waals surface area contributed by atoms with Crippen molar-refractivity contribution in [2.75, 3.05) is 39.3 Å². The first-order valence-electron chi connectivity index (χ1n) is 9.88. The zero-order valence-corrected chi connectivity index (χ0v) is 17.0. The Labute approximate surface area is 166 Å². The third kappa shape index (κ3) is 3.33. The molecule has 0 radical (unpaired) electrons. The lowest BCUT2D eigenvalue weighted by Crippen LogP contribution is -2.49. The summed E-state index contributed by atoms with van der Waals surface area (Å²) < 4.78 is 27.6. The number of benzene rings is 1. The highest BCUT2D eigenvalue weighted by Crippen LogP contribution is 2.45. The van der Waals surface area contributed by atoms with E-state index in [1.807, 2.05) is 23.1 Å². The summed E-state index contributed by atoms with van der Waals surface area (Å²) in [6.07, 6.45) is 1.97. The SMILES string of the molecule is CC(=O)N1C[C@H]2CN(S(=O)(=O)Cc3ccccc3)C[C@@]2(C(=O)N2CCCC2)C1. The van der Waals surface area contributed by atoms with Gasteiger partial charge >= 0.3 is 0 Å². The van der Waals surface area contributed by atoms with Gasteiger partial charge in [-0.15, -0.1) is 0 Å². The quantitative estimate of drug-likeness (QED) is 0.746. The van der Waals surface area contributed by atoms with Crippen LogP contribution in [0.15, 0.2) is 30.3 Å². The third-order valence-corrected chi connectivity index (χ3v) is 8.19. The highest BCUT2D eigenvalue weighted by molar-refractivity contribution is 7.88. The Bertz CT molecular complexity index is 867. The van der Waals surface area contributed by atoms with Gasteiger partial charge in [0.05, 0.1) is 11.2 Å². The van der Waals surface area contributed by atoms with Crippen molar-refractivity contribution in [3.8, 4) is 0 Å². The lowest BCUT2D eigenvalue weighted by molar-refractivity contribution is -0.141. The first kappa shape index (κ1) is 19.4. The van der Waals surface area contributed by atoms with Crippen molar-refractivity contribution in [1.29, 1.82) is 0 Å². The minimum absolute atomic E-state index is 0.0242. The van der Waals surface area contributed by atoms with Crippen molar-refractivity contribution in [3.63, 3.8) is 0 Å². The zero-order chi connectivity index (χ0) is 19.9. The summed E-state index contributed by atoms with van der Waals surface area (Å²) >= 11 is 0. The van der Waals surface area contributed by atoms with Crippen LogP contribution in [0.4, 0.5) is 0 Å². The number of rotatable bonds is 4. The average Bonchev–Trinajstić information content (AvgIpc) is 3.36. The minimum atomic E-state index is -3.53. The molecule has 0 spiro atoms. The maximum Gasteiger partial charge on any atom is 0.232 e. The van der Waals surface area contributed by atoms with Gasteiger partial charge in [-0.3, -0.25) is 9.59 Å². The monoisotopic (exact) mass is 405 g/mol. The predicted molar refractivity (Wildman–Crippen MR) is 105 cm³/mol. The normalized spacial score (nSPS) is 28.0. The molecule has 2 atom stereocenters. The van der Waals surface area contributed by atoms with E-state index >= 15 is 0 Å². The van der Waals surface area contributed by atoms with Gasteiger partial charge in [0.15, 0.2) is 0 Å². The summed E-state index contributed by atoms with van der Waals surface area (Å²) in [6, 6.07) is 9.12. The van der Waals surface area contributed by atoms with Crippen molar-refractivity contribution in [2.45, 2.75) is 25.5 Å². The second-order valence-electron chi connectivity index (χ2n) is 8.29. The fourth-order valence-electron chi connectivity index (χ4n) is 4.88. The number of amides is 2. The highest BCUT2D eigenvalue weighted by Gasteiger charge is 2.60. The van der Waals surface area contributed by atoms with Gasteiger partial charge in [0.25, 0.3) is 0 Å². The van der Waals surface area contributed by atoms with Gasteiger partial charge < -0.3 is 9.80 Å². The maximum atomic E-state index is 13.4. The second-order valence-corrected chi connectivity index (χ2v) is 10.3. The van der Waals surface area contributed by atoms with Gasteiger partial charge in [0, 0.05) is 52.1 Å². The van der Waals surface area contributed by atoms with Crippen molar-refractivity contribution in [2.24, 2.45) is 11.3 Å². The molecule has 3 fully saturated rings. The molecule has 2 amide bonds. The minimum Gasteiger partial charge on any atom is -0.342 e. The van der Waals surface area contributed by atoms with Crippen LogP contribution in [0, 0.1) is 11.3 Å². The lowest BCUT2D eigenvalue weighted by Gasteiger charge is -2.32. The van der Waals surface area contributed by atoms with Crippen LogP contribution in [-0.2, 0) is 25.4 Å². The molecule has 28 heavy (non-hydrogen) atoms. The molecule has 1 aromatic rings. The van der Waals surface area contributed by atoms with Crippen LogP contribution >= 0.6 is 0 Å². The summed E-state index contributed by atoms with van der Waals surface area (Å²) in [7, 11) is -3.53. The van der Waals surface area contributed by atoms with Crippen LogP contribution in [-0.4, -0.2) is 73.6 Å². The van der Waals surface area contributed by atoms with Crippen LogP contribution in [0.3, 0.4) is 0 Å². The number of nitrogens with zero attached hydrogens (tertiary/aromatic N) is 3. The lowest BCUT2D eigenvalue weighted by atomic mass is 9.79. The standard InChI is InChI=1S/C20H27N3O4S/c1-16(24)22-11-18-12-23(28(26,27)13-17-7-3-2-4-8-17)15-20(18,14-22)19(25)21-9-5-6-10-21/h2-4,7-8,18H,5-6,9-15H2,1H3/t18-,20-/m0/s1. The summed E-state index contributed by atoms with van der Waals surface area (Å²) in [5.41, 5.74) is -0.0652. The summed E-state index contributed by atoms with van der Waals surface area (Å²) in [6.45, 7) is 4.21. The Morgan fingerprint density at radius 1 is 1.04 bits per heavy atom. The molecule has 4 rings (SSSR count). The van der Waals surface area contributed by atoms with Crippen molar-refractivity contribution < 1.29 is 18.0 Å². The van der Waals surface area contributed by atoms with Crippen molar-refractivity contribution >= 4 is 21.8 Å². The third-order valence-electron chi connectivity index (χ3n) is 6.43. The molecule has 3 aliphatic heterocycles. The second kappa shape index (κ2) is 7.15. The van der Waals surface area contributed by atoms with E-state index < -0.39 is 15.4 Å². The molecule has 3 saturated heterocycles. The van der Waals surface area contributed by atoms with E-state index in [9.17, 15) is 18.0 Å². The van der Waals surface area contributed by atoms with Crippen LogP contribution < -0.4 is 0 Å². The smallest absolute Gasteiger partial charge is 0.232 e. The van der Waals surface area contributed by atoms with E-state index in [0.29, 0.717) is 19.6 Å². The largest absolute Gasteiger partial charge is 0.342 e. The molecule has 3 heterocycles. The van der Waals surface area contributed by atoms with Crippen molar-refractivity contribution in [1.82, 2.24) is 14.1 Å². The van der Waals surface area contributed by atoms with Crippen molar-refractivity contribution in [3.05, 3.63) is 35.9 Å². The van der Waals surface area contributed by atoms with E-state index in [-0.39, 0.29) is 30.0 Å². The van der Waals surface area contributed by atoms with E-state index in [1.54, 1.807) is 17.0 Å². The van der Waals surface area contributed by atoms with E-state index in [1.165, 1.54) is 11.2 Å². The molecule has 0 unspecified atom stereocenters. The highest BCUT2D eigenvalue weighted by atomic mass is 32.2. The number of sulfonamides is 1. The number of hydrogen-bond acceptors (Lipinski definition) is 4. The van der Waals surface area contributed by atoms with Gasteiger partial charge in [0.2, 0.25) is 21.8 Å². The van der Waals surface area contributed by atoms with Crippen LogP contribution in [0.2, 0.25) is 0 Å². The van der Waals surface area contributed by atoms with E-state index in [2.05, 4.69) is 0 Å². The molecule has 0 N–H and O–H groups in total. The molecular formula is C20H27N3O4S. The number of carbonyl (C=O) groups excluding carboxylic acids is 2. The summed E-state index contributed by atoms with van der Waals surface area (Å²) in [5, 5.41) is 0. The molecule has 152 valence electrons. The van der Waals surface area contributed by atoms with E-state index in [0.717, 1.165) is 31.5 Å². The van der Waals surface area contributed by atoms with Crippen LogP contribution in [0.5, 0.6) is 0 Å². The molecule has 0 saturated carbocycles. The molecule has 0 aliphatic carbocycles. The first-order chi connectivity index (χ1) is 13.3. The Kier molecular flexibility index (Phi) is 4.95. The number of likely N-dealkylation sites (tertiary alicyclic amines) is 2. The number of carbonyl (C=O) groups is 2. The predicted octanol–water partition coefficient (Wildman–Crippen LogP) is 0.919. The molecule has 8 heteroatoms. The number of fused-ring (bicyclic) bond motifs is 1. The van der Waals surface area contributed by atoms with Crippen LogP contribution in [0.1, 0.15) is 25.3 Å². The molecule has 1 aromatic carbocycles. The molecule has 0 bridgehead atoms. The summed E-state index contributed by atoms with van der Waals surface area (Å²) in [4.78, 5) is 28.9. The van der Waals surface area contributed by atoms with Gasteiger partial charge in [-0.1, -0.05) is 30.3 Å². The maximum absolute atomic E-state index is 13.4. The van der Waals surface area contributed by atoms with Gasteiger partial charge in [-0.2, -0.15) is 0 Å². The topological polar surface area (TPSA) is 78.0 Å².